The Morgan fingerprint density at radius 1 is 1.27 bits per heavy atom. The summed E-state index contributed by atoms with van der Waals surface area (Å²) in [7, 11) is 0. The number of nitrogens with one attached hydrogen (secondary N) is 1. The molecule has 1 heterocycles. The van der Waals surface area contributed by atoms with Crippen LogP contribution in [0.5, 0.6) is 0 Å². The predicted molar refractivity (Wildman–Crippen MR) is 65.2 cm³/mol. The first-order valence-electron chi connectivity index (χ1n) is 5.93. The number of rotatable bonds is 2. The molecule has 15 heavy (non-hydrogen) atoms. The van der Waals surface area contributed by atoms with E-state index in [0.717, 1.165) is 19.5 Å². The number of aryl methyl sites for hydroxylation is 1. The lowest BCUT2D eigenvalue weighted by molar-refractivity contribution is 0.363. The van der Waals surface area contributed by atoms with Crippen LogP contribution >= 0.6 is 0 Å². The smallest absolute Gasteiger partial charge is 0.00267 e. The molecule has 2 rings (SSSR count). The van der Waals surface area contributed by atoms with Crippen molar-refractivity contribution < 1.29 is 0 Å². The fourth-order valence-electron chi connectivity index (χ4n) is 2.49. The van der Waals surface area contributed by atoms with Gasteiger partial charge in [-0.05, 0) is 23.0 Å². The maximum atomic E-state index is 3.49. The van der Waals surface area contributed by atoms with Gasteiger partial charge in [-0.1, -0.05) is 45.0 Å². The zero-order valence-electron chi connectivity index (χ0n) is 10.0. The van der Waals surface area contributed by atoms with Crippen LogP contribution in [0, 0.1) is 5.41 Å². The first-order valence-corrected chi connectivity index (χ1v) is 5.93. The SMILES string of the molecule is CCc1ccc(C2CNCC2(C)C)cc1. The van der Waals surface area contributed by atoms with E-state index < -0.39 is 0 Å². The van der Waals surface area contributed by atoms with Crippen molar-refractivity contribution in [2.24, 2.45) is 5.41 Å². The van der Waals surface area contributed by atoms with Crippen LogP contribution in [0.25, 0.3) is 0 Å². The molecule has 0 radical (unpaired) electrons. The van der Waals surface area contributed by atoms with Gasteiger partial charge in [-0.25, -0.2) is 0 Å². The number of benzene rings is 1. The highest BCUT2D eigenvalue weighted by molar-refractivity contribution is 5.28. The van der Waals surface area contributed by atoms with Gasteiger partial charge in [-0.3, -0.25) is 0 Å². The minimum Gasteiger partial charge on any atom is -0.316 e. The van der Waals surface area contributed by atoms with Crippen LogP contribution in [0.15, 0.2) is 24.3 Å². The summed E-state index contributed by atoms with van der Waals surface area (Å²) in [5.41, 5.74) is 3.32. The lowest BCUT2D eigenvalue weighted by Crippen LogP contribution is -2.20. The van der Waals surface area contributed by atoms with Crippen LogP contribution < -0.4 is 5.32 Å². The van der Waals surface area contributed by atoms with Crippen molar-refractivity contribution in [3.8, 4) is 0 Å². The van der Waals surface area contributed by atoms with Crippen molar-refractivity contribution in [1.29, 1.82) is 0 Å². The van der Waals surface area contributed by atoms with Crippen LogP contribution in [-0.2, 0) is 6.42 Å². The van der Waals surface area contributed by atoms with Crippen LogP contribution in [-0.4, -0.2) is 13.1 Å². The Labute approximate surface area is 92.9 Å². The summed E-state index contributed by atoms with van der Waals surface area (Å²) < 4.78 is 0. The fraction of sp³-hybridized carbons (Fsp3) is 0.571. The molecule has 0 bridgehead atoms. The molecule has 1 heteroatoms. The van der Waals surface area contributed by atoms with E-state index in [-0.39, 0.29) is 0 Å². The highest BCUT2D eigenvalue weighted by atomic mass is 14.9. The van der Waals surface area contributed by atoms with Gasteiger partial charge in [-0.15, -0.1) is 0 Å². The first kappa shape index (κ1) is 10.7. The molecular formula is C14H21N. The molecule has 1 saturated heterocycles. The fourth-order valence-corrected chi connectivity index (χ4v) is 2.49. The van der Waals surface area contributed by atoms with E-state index in [4.69, 9.17) is 0 Å². The summed E-state index contributed by atoms with van der Waals surface area (Å²) in [6, 6.07) is 9.14. The Morgan fingerprint density at radius 3 is 2.40 bits per heavy atom. The molecule has 0 aromatic heterocycles. The van der Waals surface area contributed by atoms with E-state index in [1.807, 2.05) is 0 Å². The molecule has 1 aromatic rings. The lowest BCUT2D eigenvalue weighted by Gasteiger charge is -2.26. The molecule has 1 aromatic carbocycles. The average molecular weight is 203 g/mol. The summed E-state index contributed by atoms with van der Waals surface area (Å²) >= 11 is 0. The van der Waals surface area contributed by atoms with Crippen molar-refractivity contribution in [1.82, 2.24) is 5.32 Å². The molecule has 1 fully saturated rings. The molecule has 1 aliphatic heterocycles. The van der Waals surface area contributed by atoms with E-state index in [9.17, 15) is 0 Å². The monoisotopic (exact) mass is 203 g/mol. The van der Waals surface area contributed by atoms with Gasteiger partial charge in [0.25, 0.3) is 0 Å². The Balaban J connectivity index is 2.22. The van der Waals surface area contributed by atoms with Gasteiger partial charge in [0.05, 0.1) is 0 Å². The molecule has 1 nitrogen and oxygen atoms in total. The summed E-state index contributed by atoms with van der Waals surface area (Å²) in [6.45, 7) is 9.17. The van der Waals surface area contributed by atoms with Crippen molar-refractivity contribution >= 4 is 0 Å². The maximum Gasteiger partial charge on any atom is 0.00267 e. The van der Waals surface area contributed by atoms with Gasteiger partial charge in [0, 0.05) is 19.0 Å². The highest BCUT2D eigenvalue weighted by Gasteiger charge is 2.35. The molecule has 82 valence electrons. The molecule has 1 atom stereocenters. The van der Waals surface area contributed by atoms with Gasteiger partial charge in [0.2, 0.25) is 0 Å². The Kier molecular flexibility index (Phi) is 2.83. The topological polar surface area (TPSA) is 12.0 Å². The second kappa shape index (κ2) is 3.97. The van der Waals surface area contributed by atoms with Gasteiger partial charge >= 0.3 is 0 Å². The van der Waals surface area contributed by atoms with Gasteiger partial charge < -0.3 is 5.32 Å². The highest BCUT2D eigenvalue weighted by Crippen LogP contribution is 2.38. The first-order chi connectivity index (χ1) is 7.13. The molecular weight excluding hydrogens is 182 g/mol. The van der Waals surface area contributed by atoms with Crippen molar-refractivity contribution in [2.75, 3.05) is 13.1 Å². The predicted octanol–water partition coefficient (Wildman–Crippen LogP) is 2.96. The Morgan fingerprint density at radius 2 is 1.93 bits per heavy atom. The summed E-state index contributed by atoms with van der Waals surface area (Å²) in [5.74, 6) is 0.670. The average Bonchev–Trinajstić information content (AvgIpc) is 2.58. The van der Waals surface area contributed by atoms with E-state index in [0.29, 0.717) is 11.3 Å². The third-order valence-corrected chi connectivity index (χ3v) is 3.66. The van der Waals surface area contributed by atoms with Gasteiger partial charge in [0.15, 0.2) is 0 Å². The molecule has 0 spiro atoms. The van der Waals surface area contributed by atoms with E-state index in [1.165, 1.54) is 11.1 Å². The molecule has 0 saturated carbocycles. The van der Waals surface area contributed by atoms with Gasteiger partial charge in [0.1, 0.15) is 0 Å². The molecule has 1 aliphatic rings. The van der Waals surface area contributed by atoms with E-state index in [2.05, 4.69) is 50.4 Å². The summed E-state index contributed by atoms with van der Waals surface area (Å²) in [5, 5.41) is 3.49. The summed E-state index contributed by atoms with van der Waals surface area (Å²) in [6.07, 6.45) is 1.13. The minimum atomic E-state index is 0.397. The van der Waals surface area contributed by atoms with Crippen molar-refractivity contribution in [3.05, 3.63) is 35.4 Å². The number of hydrogen-bond donors (Lipinski definition) is 1. The van der Waals surface area contributed by atoms with Crippen LogP contribution in [0.3, 0.4) is 0 Å². The van der Waals surface area contributed by atoms with Crippen LogP contribution in [0.4, 0.5) is 0 Å². The zero-order valence-corrected chi connectivity index (χ0v) is 10.0. The van der Waals surface area contributed by atoms with Crippen LogP contribution in [0.2, 0.25) is 0 Å². The second-order valence-corrected chi connectivity index (χ2v) is 5.27. The molecule has 0 aliphatic carbocycles. The largest absolute Gasteiger partial charge is 0.316 e. The maximum absolute atomic E-state index is 3.49. The van der Waals surface area contributed by atoms with Crippen LogP contribution in [0.1, 0.15) is 37.8 Å². The molecule has 1 unspecified atom stereocenters. The quantitative estimate of drug-likeness (QED) is 0.779. The van der Waals surface area contributed by atoms with Gasteiger partial charge in [-0.2, -0.15) is 0 Å². The summed E-state index contributed by atoms with van der Waals surface area (Å²) in [4.78, 5) is 0. The Hall–Kier alpha value is -0.820. The van der Waals surface area contributed by atoms with Crippen molar-refractivity contribution in [2.45, 2.75) is 33.1 Å². The second-order valence-electron chi connectivity index (χ2n) is 5.27. The van der Waals surface area contributed by atoms with E-state index in [1.54, 1.807) is 0 Å². The Bertz CT molecular complexity index is 324. The lowest BCUT2D eigenvalue weighted by atomic mass is 9.78. The molecule has 0 amide bonds. The third kappa shape index (κ3) is 2.07. The van der Waals surface area contributed by atoms with Crippen molar-refractivity contribution in [3.63, 3.8) is 0 Å². The number of hydrogen-bond acceptors (Lipinski definition) is 1. The molecule has 1 N–H and O–H groups in total. The third-order valence-electron chi connectivity index (χ3n) is 3.66. The standard InChI is InChI=1S/C14H21N/c1-4-11-5-7-12(8-6-11)13-9-15-10-14(13,2)3/h5-8,13,15H,4,9-10H2,1-3H3. The minimum absolute atomic E-state index is 0.397. The zero-order chi connectivity index (χ0) is 10.9. The van der Waals surface area contributed by atoms with E-state index >= 15 is 0 Å². The normalized spacial score (nSPS) is 24.3.